The second kappa shape index (κ2) is 7.11. The quantitative estimate of drug-likeness (QED) is 0.828. The van der Waals surface area contributed by atoms with Crippen LogP contribution < -0.4 is 10.0 Å². The van der Waals surface area contributed by atoms with Crippen LogP contribution in [-0.2, 0) is 14.8 Å². The van der Waals surface area contributed by atoms with E-state index in [9.17, 15) is 13.2 Å². The minimum Gasteiger partial charge on any atom is -0.323 e. The second-order valence-corrected chi connectivity index (χ2v) is 6.94. The smallest absolute Gasteiger partial charge is 0.248 e. The fourth-order valence-corrected chi connectivity index (χ4v) is 2.52. The van der Waals surface area contributed by atoms with Crippen LogP contribution in [0.25, 0.3) is 6.08 Å². The Balaban J connectivity index is 1.98. The molecule has 0 saturated heterocycles. The van der Waals surface area contributed by atoms with Gasteiger partial charge in [0.15, 0.2) is 0 Å². The van der Waals surface area contributed by atoms with Crippen molar-refractivity contribution in [2.45, 2.75) is 6.92 Å². The van der Waals surface area contributed by atoms with Crippen molar-refractivity contribution in [2.24, 2.45) is 0 Å². The van der Waals surface area contributed by atoms with Gasteiger partial charge in [0.2, 0.25) is 15.9 Å². The lowest BCUT2D eigenvalue weighted by molar-refractivity contribution is -0.111. The Labute approximate surface area is 136 Å². The van der Waals surface area contributed by atoms with Crippen molar-refractivity contribution in [3.8, 4) is 0 Å². The van der Waals surface area contributed by atoms with Gasteiger partial charge in [0.25, 0.3) is 0 Å². The summed E-state index contributed by atoms with van der Waals surface area (Å²) in [5.41, 5.74) is 3.09. The van der Waals surface area contributed by atoms with Crippen LogP contribution in [0.15, 0.2) is 54.6 Å². The summed E-state index contributed by atoms with van der Waals surface area (Å²) in [7, 11) is -3.29. The van der Waals surface area contributed by atoms with Gasteiger partial charge in [-0.2, -0.15) is 0 Å². The average Bonchev–Trinajstić information content (AvgIpc) is 2.45. The van der Waals surface area contributed by atoms with Crippen LogP contribution in [-0.4, -0.2) is 20.6 Å². The van der Waals surface area contributed by atoms with E-state index in [1.54, 1.807) is 30.3 Å². The van der Waals surface area contributed by atoms with Crippen molar-refractivity contribution in [1.29, 1.82) is 0 Å². The van der Waals surface area contributed by atoms with Crippen LogP contribution in [0.5, 0.6) is 0 Å². The van der Waals surface area contributed by atoms with Gasteiger partial charge in [-0.05, 0) is 48.4 Å². The van der Waals surface area contributed by atoms with Gasteiger partial charge in [-0.25, -0.2) is 8.42 Å². The van der Waals surface area contributed by atoms with Gasteiger partial charge >= 0.3 is 0 Å². The molecule has 0 aromatic heterocycles. The summed E-state index contributed by atoms with van der Waals surface area (Å²) in [5.74, 6) is -0.228. The molecule has 0 aliphatic rings. The van der Waals surface area contributed by atoms with Crippen molar-refractivity contribution in [3.05, 3.63) is 65.7 Å². The number of carbonyl (C=O) groups is 1. The lowest BCUT2D eigenvalue weighted by atomic mass is 10.2. The first-order valence-electron chi connectivity index (χ1n) is 6.95. The average molecular weight is 330 g/mol. The van der Waals surface area contributed by atoms with E-state index in [4.69, 9.17) is 0 Å². The highest BCUT2D eigenvalue weighted by Crippen LogP contribution is 2.13. The number of benzene rings is 2. The maximum atomic E-state index is 11.9. The Morgan fingerprint density at radius 3 is 2.35 bits per heavy atom. The molecule has 23 heavy (non-hydrogen) atoms. The van der Waals surface area contributed by atoms with E-state index in [-0.39, 0.29) is 5.91 Å². The highest BCUT2D eigenvalue weighted by atomic mass is 32.2. The van der Waals surface area contributed by atoms with E-state index in [2.05, 4.69) is 10.0 Å². The van der Waals surface area contributed by atoms with E-state index in [0.717, 1.165) is 23.1 Å². The molecule has 0 aliphatic heterocycles. The van der Waals surface area contributed by atoms with Gasteiger partial charge in [-0.1, -0.05) is 24.3 Å². The minimum atomic E-state index is -3.29. The summed E-state index contributed by atoms with van der Waals surface area (Å²) in [6.45, 7) is 1.96. The highest BCUT2D eigenvalue weighted by molar-refractivity contribution is 7.92. The van der Waals surface area contributed by atoms with Gasteiger partial charge in [-0.15, -0.1) is 0 Å². The zero-order chi connectivity index (χ0) is 16.9. The number of aryl methyl sites for hydroxylation is 1. The third-order valence-electron chi connectivity index (χ3n) is 2.93. The summed E-state index contributed by atoms with van der Waals surface area (Å²) < 4.78 is 24.6. The molecule has 0 spiro atoms. The Kier molecular flexibility index (Phi) is 5.18. The third-order valence-corrected chi connectivity index (χ3v) is 3.53. The molecule has 0 atom stereocenters. The molecule has 2 aromatic carbocycles. The minimum absolute atomic E-state index is 0.228. The van der Waals surface area contributed by atoms with E-state index >= 15 is 0 Å². The van der Waals surface area contributed by atoms with Crippen LogP contribution >= 0.6 is 0 Å². The summed E-state index contributed by atoms with van der Waals surface area (Å²) in [6, 6.07) is 14.3. The first-order chi connectivity index (χ1) is 10.8. The largest absolute Gasteiger partial charge is 0.323 e. The van der Waals surface area contributed by atoms with E-state index in [1.165, 1.54) is 6.08 Å². The molecule has 0 aliphatic carbocycles. The first kappa shape index (κ1) is 16.8. The molecule has 2 aromatic rings. The second-order valence-electron chi connectivity index (χ2n) is 5.19. The molecule has 5 nitrogen and oxygen atoms in total. The van der Waals surface area contributed by atoms with Crippen molar-refractivity contribution in [1.82, 2.24) is 0 Å². The number of anilines is 2. The maximum absolute atomic E-state index is 11.9. The van der Waals surface area contributed by atoms with Gasteiger partial charge < -0.3 is 5.32 Å². The van der Waals surface area contributed by atoms with Crippen LogP contribution in [0.1, 0.15) is 11.1 Å². The number of hydrogen-bond acceptors (Lipinski definition) is 3. The number of carbonyl (C=O) groups excluding carboxylic acids is 1. The Morgan fingerprint density at radius 2 is 1.74 bits per heavy atom. The van der Waals surface area contributed by atoms with Gasteiger partial charge in [0, 0.05) is 17.5 Å². The van der Waals surface area contributed by atoms with Crippen molar-refractivity contribution < 1.29 is 13.2 Å². The Bertz CT molecular complexity index is 825. The monoisotopic (exact) mass is 330 g/mol. The lowest BCUT2D eigenvalue weighted by Crippen LogP contribution is -2.09. The third kappa shape index (κ3) is 5.96. The molecule has 0 radical (unpaired) electrons. The van der Waals surface area contributed by atoms with E-state index in [0.29, 0.717) is 5.69 Å². The lowest BCUT2D eigenvalue weighted by Gasteiger charge is -2.04. The maximum Gasteiger partial charge on any atom is 0.248 e. The normalized spacial score (nSPS) is 11.4. The van der Waals surface area contributed by atoms with Crippen LogP contribution in [0.4, 0.5) is 11.4 Å². The van der Waals surface area contributed by atoms with Crippen molar-refractivity contribution >= 4 is 33.4 Å². The molecule has 2 rings (SSSR count). The number of sulfonamides is 1. The molecule has 0 saturated carbocycles. The first-order valence-corrected chi connectivity index (χ1v) is 8.84. The topological polar surface area (TPSA) is 75.3 Å². The molecule has 0 bridgehead atoms. The van der Waals surface area contributed by atoms with Crippen LogP contribution in [0.3, 0.4) is 0 Å². The predicted molar refractivity (Wildman–Crippen MR) is 93.8 cm³/mol. The predicted octanol–water partition coefficient (Wildman–Crippen LogP) is 3.02. The molecular weight excluding hydrogens is 312 g/mol. The van der Waals surface area contributed by atoms with Crippen LogP contribution in [0.2, 0.25) is 0 Å². The Hall–Kier alpha value is -2.60. The molecule has 6 heteroatoms. The fourth-order valence-electron chi connectivity index (χ4n) is 1.96. The molecule has 0 heterocycles. The van der Waals surface area contributed by atoms with E-state index in [1.807, 2.05) is 31.2 Å². The molecule has 0 fully saturated rings. The number of amides is 1. The molecular formula is C17H18N2O3S. The molecule has 1 amide bonds. The standard InChI is InChI=1S/C17H18N2O3S/c1-13-4-3-5-16(12-13)18-17(20)11-8-14-6-9-15(10-7-14)19-23(2,21)22/h3-12,19H,1-2H3,(H,18,20)/b11-8+. The molecule has 2 N–H and O–H groups in total. The van der Waals surface area contributed by atoms with Crippen LogP contribution in [0, 0.1) is 6.92 Å². The van der Waals surface area contributed by atoms with Gasteiger partial charge in [-0.3, -0.25) is 9.52 Å². The summed E-state index contributed by atoms with van der Waals surface area (Å²) in [5, 5.41) is 2.78. The summed E-state index contributed by atoms with van der Waals surface area (Å²) >= 11 is 0. The number of hydrogen-bond donors (Lipinski definition) is 2. The van der Waals surface area contributed by atoms with Crippen molar-refractivity contribution in [2.75, 3.05) is 16.3 Å². The fraction of sp³-hybridized carbons (Fsp3) is 0.118. The van der Waals surface area contributed by atoms with E-state index < -0.39 is 10.0 Å². The summed E-state index contributed by atoms with van der Waals surface area (Å²) in [6.07, 6.45) is 4.19. The Morgan fingerprint density at radius 1 is 1.04 bits per heavy atom. The molecule has 120 valence electrons. The van der Waals surface area contributed by atoms with Gasteiger partial charge in [0.05, 0.1) is 6.26 Å². The number of nitrogens with one attached hydrogen (secondary N) is 2. The van der Waals surface area contributed by atoms with Gasteiger partial charge in [0.1, 0.15) is 0 Å². The zero-order valence-electron chi connectivity index (χ0n) is 12.9. The summed E-state index contributed by atoms with van der Waals surface area (Å²) in [4.78, 5) is 11.9. The zero-order valence-corrected chi connectivity index (χ0v) is 13.7. The van der Waals surface area contributed by atoms with Crippen molar-refractivity contribution in [3.63, 3.8) is 0 Å². The number of rotatable bonds is 5. The molecule has 0 unspecified atom stereocenters. The highest BCUT2D eigenvalue weighted by Gasteiger charge is 2.01. The SMILES string of the molecule is Cc1cccc(NC(=O)/C=C/c2ccc(NS(C)(=O)=O)cc2)c1.